The molecule has 7 heteroatoms. The summed E-state index contributed by atoms with van der Waals surface area (Å²) in [4.78, 5) is 18.3. The highest BCUT2D eigenvalue weighted by molar-refractivity contribution is 7.99. The highest BCUT2D eigenvalue weighted by Gasteiger charge is 2.21. The molecule has 0 saturated carbocycles. The topological polar surface area (TPSA) is 73.8 Å². The van der Waals surface area contributed by atoms with Crippen LogP contribution in [-0.2, 0) is 6.42 Å². The van der Waals surface area contributed by atoms with Gasteiger partial charge in [-0.3, -0.25) is 9.36 Å². The van der Waals surface area contributed by atoms with Crippen molar-refractivity contribution in [2.45, 2.75) is 37.6 Å². The smallest absolute Gasteiger partial charge is 0.266 e. The minimum atomic E-state index is -0.207. The van der Waals surface area contributed by atoms with E-state index in [9.17, 15) is 4.79 Å². The van der Waals surface area contributed by atoms with Gasteiger partial charge in [0.15, 0.2) is 5.16 Å². The predicted octanol–water partition coefficient (Wildman–Crippen LogP) is 6.16. The van der Waals surface area contributed by atoms with Gasteiger partial charge in [0, 0.05) is 5.56 Å². The fourth-order valence-electron chi connectivity index (χ4n) is 3.72. The molecule has 1 atom stereocenters. The van der Waals surface area contributed by atoms with Gasteiger partial charge in [-0.15, -0.1) is 10.2 Å². The van der Waals surface area contributed by atoms with Crippen molar-refractivity contribution in [2.24, 2.45) is 0 Å². The number of aryl methyl sites for hydroxylation is 2. The van der Waals surface area contributed by atoms with Crippen LogP contribution in [0.5, 0.6) is 0 Å². The van der Waals surface area contributed by atoms with E-state index in [1.807, 2.05) is 86.6 Å². The minimum Gasteiger partial charge on any atom is -0.419 e. The van der Waals surface area contributed by atoms with E-state index in [0.29, 0.717) is 27.8 Å². The van der Waals surface area contributed by atoms with Crippen molar-refractivity contribution < 1.29 is 4.42 Å². The number of thioether (sulfide) groups is 1. The summed E-state index contributed by atoms with van der Waals surface area (Å²) in [7, 11) is 0. The fraction of sp³-hybridized carbons (Fsp3) is 0.185. The molecule has 0 aliphatic heterocycles. The van der Waals surface area contributed by atoms with Crippen LogP contribution in [0.15, 0.2) is 87.2 Å². The average molecular weight is 469 g/mol. The summed E-state index contributed by atoms with van der Waals surface area (Å²) >= 11 is 1.42. The van der Waals surface area contributed by atoms with Crippen molar-refractivity contribution in [3.63, 3.8) is 0 Å². The van der Waals surface area contributed by atoms with Gasteiger partial charge < -0.3 is 4.42 Å². The molecule has 5 aromatic rings. The van der Waals surface area contributed by atoms with E-state index < -0.39 is 0 Å². The quantitative estimate of drug-likeness (QED) is 0.219. The second kappa shape index (κ2) is 9.27. The summed E-state index contributed by atoms with van der Waals surface area (Å²) in [6, 6.07) is 23.4. The summed E-state index contributed by atoms with van der Waals surface area (Å²) in [5.74, 6) is 0.956. The van der Waals surface area contributed by atoms with E-state index >= 15 is 0 Å². The van der Waals surface area contributed by atoms with Crippen molar-refractivity contribution in [1.82, 2.24) is 19.7 Å². The number of fused-ring (bicyclic) bond motifs is 1. The third-order valence-electron chi connectivity index (χ3n) is 5.72. The molecular formula is C27H24N4O2S. The molecule has 6 nitrogen and oxygen atoms in total. The highest BCUT2D eigenvalue weighted by atomic mass is 32.2. The van der Waals surface area contributed by atoms with E-state index in [4.69, 9.17) is 9.40 Å². The number of benzene rings is 3. The molecule has 0 spiro atoms. The molecule has 2 aromatic heterocycles. The van der Waals surface area contributed by atoms with Gasteiger partial charge in [-0.25, -0.2) is 4.98 Å². The van der Waals surface area contributed by atoms with E-state index in [-0.39, 0.29) is 10.8 Å². The molecule has 1 unspecified atom stereocenters. The monoisotopic (exact) mass is 468 g/mol. The zero-order chi connectivity index (χ0) is 23.7. The molecule has 0 aliphatic carbocycles. The Bertz CT molecular complexity index is 1510. The van der Waals surface area contributed by atoms with Crippen molar-refractivity contribution in [3.05, 3.63) is 100 Å². The lowest BCUT2D eigenvalue weighted by atomic mass is 10.1. The molecule has 0 bridgehead atoms. The van der Waals surface area contributed by atoms with Crippen LogP contribution in [0.1, 0.15) is 36.1 Å². The predicted molar refractivity (Wildman–Crippen MR) is 135 cm³/mol. The Kier molecular flexibility index (Phi) is 6.02. The van der Waals surface area contributed by atoms with Gasteiger partial charge >= 0.3 is 0 Å². The summed E-state index contributed by atoms with van der Waals surface area (Å²) in [5.41, 5.74) is 4.59. The summed E-state index contributed by atoms with van der Waals surface area (Å²) in [6.45, 7) is 6.12. The van der Waals surface area contributed by atoms with Crippen molar-refractivity contribution in [3.8, 4) is 17.1 Å². The number of nitrogens with zero attached hydrogens (tertiary/aromatic N) is 4. The average Bonchev–Trinajstić information content (AvgIpc) is 3.35. The van der Waals surface area contributed by atoms with Gasteiger partial charge in [-0.1, -0.05) is 60.6 Å². The van der Waals surface area contributed by atoms with Crippen LogP contribution >= 0.6 is 11.8 Å². The van der Waals surface area contributed by atoms with E-state index in [1.54, 1.807) is 4.57 Å². The summed E-state index contributed by atoms with van der Waals surface area (Å²) in [5, 5.41) is 9.45. The van der Waals surface area contributed by atoms with E-state index in [2.05, 4.69) is 17.1 Å². The molecule has 0 radical (unpaired) electrons. The van der Waals surface area contributed by atoms with Gasteiger partial charge in [0.2, 0.25) is 11.8 Å². The molecule has 170 valence electrons. The van der Waals surface area contributed by atoms with Gasteiger partial charge in [0.25, 0.3) is 5.56 Å². The standard InChI is InChI=1S/C27H24N4O2S/c1-4-19-11-15-21(16-12-19)31-26(32)22-7-5-6-8-23(22)28-27(31)34-18(3)24-29-30-25(33-24)20-13-9-17(2)10-14-20/h5-16,18H,4H2,1-3H3. The third kappa shape index (κ3) is 4.26. The Hall–Kier alpha value is -3.71. The molecular weight excluding hydrogens is 444 g/mol. The summed E-state index contributed by atoms with van der Waals surface area (Å²) in [6.07, 6.45) is 0.935. The summed E-state index contributed by atoms with van der Waals surface area (Å²) < 4.78 is 7.65. The lowest BCUT2D eigenvalue weighted by Crippen LogP contribution is -2.22. The van der Waals surface area contributed by atoms with Gasteiger partial charge in [-0.2, -0.15) is 0 Å². The molecule has 0 aliphatic rings. The number of rotatable bonds is 6. The first-order valence-electron chi connectivity index (χ1n) is 11.2. The first-order chi connectivity index (χ1) is 16.5. The van der Waals surface area contributed by atoms with Crippen LogP contribution in [0.2, 0.25) is 0 Å². The first-order valence-corrected chi connectivity index (χ1v) is 12.1. The molecule has 3 aromatic carbocycles. The number of hydrogen-bond donors (Lipinski definition) is 0. The normalized spacial score (nSPS) is 12.2. The van der Waals surface area contributed by atoms with Gasteiger partial charge in [0.05, 0.1) is 21.8 Å². The molecule has 2 heterocycles. The molecule has 0 fully saturated rings. The number of aromatic nitrogens is 4. The Balaban J connectivity index is 1.54. The fourth-order valence-corrected chi connectivity index (χ4v) is 4.68. The SMILES string of the molecule is CCc1ccc(-n2c(SC(C)c3nnc(-c4ccc(C)cc4)o3)nc3ccccc3c2=O)cc1. The van der Waals surface area contributed by atoms with Crippen LogP contribution in [-0.4, -0.2) is 19.7 Å². The Labute approximate surface area is 201 Å². The third-order valence-corrected chi connectivity index (χ3v) is 6.76. The molecule has 0 amide bonds. The highest BCUT2D eigenvalue weighted by Crippen LogP contribution is 2.35. The van der Waals surface area contributed by atoms with Crippen LogP contribution in [0.4, 0.5) is 0 Å². The zero-order valence-corrected chi connectivity index (χ0v) is 20.0. The maximum Gasteiger partial charge on any atom is 0.266 e. The lowest BCUT2D eigenvalue weighted by Gasteiger charge is -2.15. The second-order valence-corrected chi connectivity index (χ2v) is 9.45. The molecule has 34 heavy (non-hydrogen) atoms. The minimum absolute atomic E-state index is 0.101. The molecule has 0 N–H and O–H groups in total. The lowest BCUT2D eigenvalue weighted by molar-refractivity contribution is 0.508. The molecule has 5 rings (SSSR count). The van der Waals surface area contributed by atoms with E-state index in [1.165, 1.54) is 22.9 Å². The van der Waals surface area contributed by atoms with Gasteiger partial charge in [0.1, 0.15) is 0 Å². The Morgan fingerprint density at radius 1 is 0.971 bits per heavy atom. The maximum absolute atomic E-state index is 13.5. The molecule has 0 saturated heterocycles. The Morgan fingerprint density at radius 2 is 1.71 bits per heavy atom. The van der Waals surface area contributed by atoms with Crippen LogP contribution in [0, 0.1) is 6.92 Å². The number of para-hydroxylation sites is 1. The van der Waals surface area contributed by atoms with E-state index in [0.717, 1.165) is 17.7 Å². The zero-order valence-electron chi connectivity index (χ0n) is 19.2. The Morgan fingerprint density at radius 3 is 2.44 bits per heavy atom. The van der Waals surface area contributed by atoms with Crippen molar-refractivity contribution in [1.29, 1.82) is 0 Å². The van der Waals surface area contributed by atoms with Crippen LogP contribution in [0.3, 0.4) is 0 Å². The maximum atomic E-state index is 13.5. The second-order valence-electron chi connectivity index (χ2n) is 8.14. The number of hydrogen-bond acceptors (Lipinski definition) is 6. The van der Waals surface area contributed by atoms with Crippen LogP contribution < -0.4 is 5.56 Å². The van der Waals surface area contributed by atoms with Crippen molar-refractivity contribution in [2.75, 3.05) is 0 Å². The van der Waals surface area contributed by atoms with Crippen molar-refractivity contribution >= 4 is 22.7 Å². The van der Waals surface area contributed by atoms with Crippen LogP contribution in [0.25, 0.3) is 28.0 Å². The first kappa shape index (κ1) is 22.1. The van der Waals surface area contributed by atoms with Gasteiger partial charge in [-0.05, 0) is 62.2 Å². The largest absolute Gasteiger partial charge is 0.419 e.